The number of aromatic amines is 1. The normalized spacial score (nSPS) is 11.7. The maximum atomic E-state index is 14.1. The lowest BCUT2D eigenvalue weighted by atomic mass is 10.2. The highest BCUT2D eigenvalue weighted by Gasteiger charge is 2.23. The Labute approximate surface area is 163 Å². The highest BCUT2D eigenvalue weighted by molar-refractivity contribution is 7.93. The Morgan fingerprint density at radius 1 is 1.17 bits per heavy atom. The number of ether oxygens (including phenoxy) is 3. The molecule has 2 heterocycles. The summed E-state index contributed by atoms with van der Waals surface area (Å²) in [5.74, 6) is -1.68. The maximum Gasteiger partial charge on any atom is 0.272 e. The molecule has 8 nitrogen and oxygen atoms in total. The zero-order valence-electron chi connectivity index (χ0n) is 15.2. The predicted octanol–water partition coefficient (Wildman–Crippen LogP) is 3.16. The third-order valence-corrected chi connectivity index (χ3v) is 5.24. The number of nitrogens with one attached hydrogen (secondary N) is 2. The number of anilines is 1. The molecule has 2 N–H and O–H groups in total. The molecule has 29 heavy (non-hydrogen) atoms. The van der Waals surface area contributed by atoms with Crippen molar-refractivity contribution in [1.29, 1.82) is 0 Å². The van der Waals surface area contributed by atoms with Gasteiger partial charge in [-0.2, -0.15) is 4.98 Å². The molecular weight excluding hydrogens is 415 g/mol. The number of hydrogen-bond donors (Lipinski definition) is 2. The van der Waals surface area contributed by atoms with E-state index in [1.807, 2.05) is 0 Å². The second-order valence-corrected chi connectivity index (χ2v) is 7.36. The first-order valence-electron chi connectivity index (χ1n) is 8.08. The number of fused-ring (bicyclic) bond motifs is 1. The fourth-order valence-corrected chi connectivity index (χ4v) is 3.78. The van der Waals surface area contributed by atoms with Crippen LogP contribution in [0.1, 0.15) is 0 Å². The summed E-state index contributed by atoms with van der Waals surface area (Å²) in [5, 5.41) is 0.377. The summed E-state index contributed by atoms with van der Waals surface area (Å²) in [7, 11) is -1.54. The molecule has 0 aliphatic heterocycles. The van der Waals surface area contributed by atoms with Gasteiger partial charge in [-0.25, -0.2) is 21.6 Å². The topological polar surface area (TPSA) is 103 Å². The molecule has 0 aliphatic rings. The molecule has 0 saturated carbocycles. The second-order valence-electron chi connectivity index (χ2n) is 5.70. The van der Waals surface area contributed by atoms with Crippen LogP contribution >= 0.6 is 0 Å². The van der Waals surface area contributed by atoms with Crippen LogP contribution < -0.4 is 18.9 Å². The van der Waals surface area contributed by atoms with Crippen LogP contribution in [0.5, 0.6) is 17.5 Å². The number of pyridine rings is 1. The third-order valence-electron chi connectivity index (χ3n) is 3.83. The Hall–Kier alpha value is -3.15. The minimum absolute atomic E-state index is 0.101. The molecule has 156 valence electrons. The molecule has 1 aromatic carbocycles. The monoisotopic (exact) mass is 431 g/mol. The SMILES string of the molecule is COc1ccc2c(S(=O)(=O)Nc3cc(F)c(OCC(F)F)nc3OC)c[nH]c2c1. The van der Waals surface area contributed by atoms with Gasteiger partial charge in [-0.05, 0) is 12.1 Å². The largest absolute Gasteiger partial charge is 0.497 e. The smallest absolute Gasteiger partial charge is 0.272 e. The Bertz CT molecular complexity index is 1130. The van der Waals surface area contributed by atoms with E-state index in [1.54, 1.807) is 18.2 Å². The Morgan fingerprint density at radius 3 is 2.59 bits per heavy atom. The maximum absolute atomic E-state index is 14.1. The van der Waals surface area contributed by atoms with E-state index in [0.717, 1.165) is 13.2 Å². The molecule has 0 unspecified atom stereocenters. The van der Waals surface area contributed by atoms with Crippen LogP contribution in [0.2, 0.25) is 0 Å². The van der Waals surface area contributed by atoms with Crippen LogP contribution in [0, 0.1) is 5.82 Å². The van der Waals surface area contributed by atoms with Gasteiger partial charge in [0.15, 0.2) is 12.4 Å². The van der Waals surface area contributed by atoms with Crippen LogP contribution in [0.25, 0.3) is 10.9 Å². The molecule has 0 radical (unpaired) electrons. The lowest BCUT2D eigenvalue weighted by Crippen LogP contribution is -2.15. The van der Waals surface area contributed by atoms with Crippen molar-refractivity contribution in [2.45, 2.75) is 11.3 Å². The van der Waals surface area contributed by atoms with E-state index in [-0.39, 0.29) is 16.5 Å². The molecule has 0 spiro atoms. The standard InChI is InChI=1S/C17H16F3N3O5S/c1-26-9-3-4-10-12(5-9)21-7-14(10)29(24,25)23-13-6-11(18)16(22-17(13)27-2)28-8-15(19)20/h3-7,15,21,23H,8H2,1-2H3. The first kappa shape index (κ1) is 20.6. The van der Waals surface area contributed by atoms with Gasteiger partial charge in [0.25, 0.3) is 22.3 Å². The number of nitrogens with zero attached hydrogens (tertiary/aromatic N) is 1. The van der Waals surface area contributed by atoms with Crippen LogP contribution in [0.4, 0.5) is 18.9 Å². The molecule has 0 fully saturated rings. The Morgan fingerprint density at radius 2 is 1.93 bits per heavy atom. The van der Waals surface area contributed by atoms with Gasteiger partial charge in [-0.1, -0.05) is 0 Å². The van der Waals surface area contributed by atoms with Crippen molar-refractivity contribution >= 4 is 26.6 Å². The molecule has 0 bridgehead atoms. The van der Waals surface area contributed by atoms with Gasteiger partial charge < -0.3 is 19.2 Å². The zero-order valence-corrected chi connectivity index (χ0v) is 16.0. The molecule has 0 amide bonds. The first-order valence-corrected chi connectivity index (χ1v) is 9.57. The molecule has 0 saturated heterocycles. The van der Waals surface area contributed by atoms with E-state index < -0.39 is 34.8 Å². The Balaban J connectivity index is 1.95. The summed E-state index contributed by atoms with van der Waals surface area (Å²) in [6.45, 7) is -1.07. The van der Waals surface area contributed by atoms with Gasteiger partial charge >= 0.3 is 0 Å². The van der Waals surface area contributed by atoms with Gasteiger partial charge in [0.2, 0.25) is 5.88 Å². The quantitative estimate of drug-likeness (QED) is 0.568. The summed E-state index contributed by atoms with van der Waals surface area (Å²) in [5.41, 5.74) is 0.189. The summed E-state index contributed by atoms with van der Waals surface area (Å²) in [6.07, 6.45) is -1.57. The second kappa shape index (κ2) is 8.07. The van der Waals surface area contributed by atoms with Gasteiger partial charge in [0.1, 0.15) is 16.3 Å². The number of methoxy groups -OCH3 is 2. The molecule has 3 aromatic rings. The van der Waals surface area contributed by atoms with E-state index in [2.05, 4.69) is 19.4 Å². The lowest BCUT2D eigenvalue weighted by Gasteiger charge is -2.13. The van der Waals surface area contributed by atoms with Gasteiger partial charge in [0.05, 0.1) is 19.7 Å². The fraction of sp³-hybridized carbons (Fsp3) is 0.235. The van der Waals surface area contributed by atoms with E-state index in [4.69, 9.17) is 9.47 Å². The lowest BCUT2D eigenvalue weighted by molar-refractivity contribution is 0.0770. The highest BCUT2D eigenvalue weighted by Crippen LogP contribution is 2.32. The first-order chi connectivity index (χ1) is 13.7. The summed E-state index contributed by atoms with van der Waals surface area (Å²) in [6, 6.07) is 5.50. The van der Waals surface area contributed by atoms with Crippen molar-refractivity contribution in [3.8, 4) is 17.5 Å². The number of benzene rings is 1. The zero-order chi connectivity index (χ0) is 21.2. The van der Waals surface area contributed by atoms with Gasteiger partial charge in [-0.3, -0.25) is 4.72 Å². The number of sulfonamides is 1. The molecule has 0 aliphatic carbocycles. The fourth-order valence-electron chi connectivity index (χ4n) is 2.56. The highest BCUT2D eigenvalue weighted by atomic mass is 32.2. The molecule has 12 heteroatoms. The minimum atomic E-state index is -4.17. The van der Waals surface area contributed by atoms with Crippen LogP contribution in [0.15, 0.2) is 35.4 Å². The van der Waals surface area contributed by atoms with Crippen molar-refractivity contribution in [3.05, 3.63) is 36.3 Å². The van der Waals surface area contributed by atoms with Crippen LogP contribution in [-0.2, 0) is 10.0 Å². The van der Waals surface area contributed by atoms with E-state index in [9.17, 15) is 21.6 Å². The average Bonchev–Trinajstić information content (AvgIpc) is 3.11. The number of hydrogen-bond acceptors (Lipinski definition) is 6. The van der Waals surface area contributed by atoms with Gasteiger partial charge in [0, 0.05) is 23.7 Å². The van der Waals surface area contributed by atoms with E-state index in [0.29, 0.717) is 16.7 Å². The van der Waals surface area contributed by atoms with Crippen LogP contribution in [-0.4, -0.2) is 45.6 Å². The number of halogens is 3. The number of aromatic nitrogens is 2. The molecule has 2 aromatic heterocycles. The molecule has 3 rings (SSSR count). The van der Waals surface area contributed by atoms with Crippen molar-refractivity contribution in [3.63, 3.8) is 0 Å². The van der Waals surface area contributed by atoms with Crippen molar-refractivity contribution in [1.82, 2.24) is 9.97 Å². The third kappa shape index (κ3) is 4.31. The average molecular weight is 431 g/mol. The number of alkyl halides is 2. The van der Waals surface area contributed by atoms with Gasteiger partial charge in [-0.15, -0.1) is 0 Å². The van der Waals surface area contributed by atoms with Crippen molar-refractivity contribution in [2.24, 2.45) is 0 Å². The van der Waals surface area contributed by atoms with Crippen LogP contribution in [0.3, 0.4) is 0 Å². The van der Waals surface area contributed by atoms with E-state index in [1.165, 1.54) is 13.3 Å². The number of rotatable bonds is 8. The minimum Gasteiger partial charge on any atom is -0.497 e. The summed E-state index contributed by atoms with van der Waals surface area (Å²) in [4.78, 5) is 6.33. The van der Waals surface area contributed by atoms with Crippen molar-refractivity contribution in [2.75, 3.05) is 25.5 Å². The molecule has 0 atom stereocenters. The summed E-state index contributed by atoms with van der Waals surface area (Å²) >= 11 is 0. The van der Waals surface area contributed by atoms with Crippen molar-refractivity contribution < 1.29 is 35.8 Å². The Kier molecular flexibility index (Phi) is 5.73. The summed E-state index contributed by atoms with van der Waals surface area (Å²) < 4.78 is 81.0. The molecular formula is C17H16F3N3O5S. The van der Waals surface area contributed by atoms with E-state index >= 15 is 0 Å². The predicted molar refractivity (Wildman–Crippen MR) is 97.9 cm³/mol. The number of H-pyrrole nitrogens is 1.